The largest absolute Gasteiger partial charge is 0.478 e. The number of carboxylic acid groups (broad SMARTS) is 1. The van der Waals surface area contributed by atoms with Crippen LogP contribution in [0.3, 0.4) is 0 Å². The van der Waals surface area contributed by atoms with E-state index in [1.54, 1.807) is 30.0 Å². The average Bonchev–Trinajstić information content (AvgIpc) is 2.74. The molecule has 1 aliphatic heterocycles. The molecule has 0 spiro atoms. The van der Waals surface area contributed by atoms with E-state index in [1.165, 1.54) is 18.3 Å². The van der Waals surface area contributed by atoms with E-state index >= 15 is 0 Å². The lowest BCUT2D eigenvalue weighted by molar-refractivity contribution is -0.148. The number of nitrogens with one attached hydrogen (secondary N) is 1. The van der Waals surface area contributed by atoms with Crippen molar-refractivity contribution in [2.24, 2.45) is 5.92 Å². The quantitative estimate of drug-likeness (QED) is 0.674. The highest BCUT2D eigenvalue weighted by molar-refractivity contribution is 6.31. The molecule has 8 nitrogen and oxygen atoms in total. The number of piperidine rings is 1. The van der Waals surface area contributed by atoms with Gasteiger partial charge in [0.2, 0.25) is 0 Å². The molecule has 1 saturated heterocycles. The molecule has 2 heterocycles. The predicted octanol–water partition coefficient (Wildman–Crippen LogP) is 3.47. The molecule has 0 aliphatic carbocycles. The fourth-order valence-electron chi connectivity index (χ4n) is 3.39. The summed E-state index contributed by atoms with van der Waals surface area (Å²) in [6, 6.07) is 7.78. The number of aromatic carboxylic acids is 1. The second kappa shape index (κ2) is 9.58. The highest BCUT2D eigenvalue weighted by Gasteiger charge is 2.29. The lowest BCUT2D eigenvalue weighted by atomic mass is 9.98. The van der Waals surface area contributed by atoms with Crippen molar-refractivity contribution in [3.05, 3.63) is 52.7 Å². The lowest BCUT2D eigenvalue weighted by Gasteiger charge is -2.33. The van der Waals surface area contributed by atoms with E-state index in [4.69, 9.17) is 16.3 Å². The monoisotopic (exact) mass is 431 g/mol. The second-order valence-electron chi connectivity index (χ2n) is 6.90. The summed E-state index contributed by atoms with van der Waals surface area (Å²) in [6.07, 6.45) is 2.81. The van der Waals surface area contributed by atoms with Gasteiger partial charge in [-0.3, -0.25) is 9.59 Å². The summed E-state index contributed by atoms with van der Waals surface area (Å²) < 4.78 is 5.10. The van der Waals surface area contributed by atoms with E-state index < -0.39 is 11.9 Å². The number of rotatable bonds is 6. The number of aromatic nitrogens is 1. The zero-order chi connectivity index (χ0) is 21.7. The minimum Gasteiger partial charge on any atom is -0.478 e. The maximum Gasteiger partial charge on any atom is 0.339 e. The number of carboxylic acids is 1. The summed E-state index contributed by atoms with van der Waals surface area (Å²) in [7, 11) is 0. The SMILES string of the molecule is CCOC(=O)[C@@H]1CCCN(c2ncc(NC(=O)c3cccc(Cl)c3)cc2C(=O)O)C1. The minimum atomic E-state index is -1.17. The molecular formula is C21H22ClN3O5. The Hall–Kier alpha value is -3.13. The molecule has 1 amide bonds. The number of amides is 1. The predicted molar refractivity (Wildman–Crippen MR) is 112 cm³/mol. The van der Waals surface area contributed by atoms with Crippen LogP contribution < -0.4 is 10.2 Å². The van der Waals surface area contributed by atoms with Crippen molar-refractivity contribution in [1.82, 2.24) is 4.98 Å². The molecule has 1 atom stereocenters. The minimum absolute atomic E-state index is 0.0524. The fourth-order valence-corrected chi connectivity index (χ4v) is 3.58. The third-order valence-corrected chi connectivity index (χ3v) is 5.02. The first-order valence-electron chi connectivity index (χ1n) is 9.61. The zero-order valence-electron chi connectivity index (χ0n) is 16.4. The van der Waals surface area contributed by atoms with Gasteiger partial charge in [-0.05, 0) is 44.0 Å². The number of pyridine rings is 1. The third-order valence-electron chi connectivity index (χ3n) is 4.78. The number of ether oxygens (including phenoxy) is 1. The van der Waals surface area contributed by atoms with Gasteiger partial charge >= 0.3 is 11.9 Å². The fraction of sp³-hybridized carbons (Fsp3) is 0.333. The first-order chi connectivity index (χ1) is 14.4. The standard InChI is InChI=1S/C21H22ClN3O5/c1-2-30-21(29)14-6-4-8-25(12-14)18-17(20(27)28)10-16(11-23-18)24-19(26)13-5-3-7-15(22)9-13/h3,5,7,9-11,14H,2,4,6,8,12H2,1H3,(H,24,26)(H,27,28)/t14-/m1/s1. The summed E-state index contributed by atoms with van der Waals surface area (Å²) in [5.74, 6) is -1.95. The maximum absolute atomic E-state index is 12.4. The molecule has 0 unspecified atom stereocenters. The van der Waals surface area contributed by atoms with E-state index in [2.05, 4.69) is 10.3 Å². The first kappa shape index (κ1) is 21.6. The smallest absolute Gasteiger partial charge is 0.339 e. The Kier molecular flexibility index (Phi) is 6.89. The molecule has 30 heavy (non-hydrogen) atoms. The number of carbonyl (C=O) groups excluding carboxylic acids is 2. The molecular weight excluding hydrogens is 410 g/mol. The maximum atomic E-state index is 12.4. The van der Waals surface area contributed by atoms with Crippen LogP contribution in [0.15, 0.2) is 36.5 Å². The van der Waals surface area contributed by atoms with Gasteiger partial charge < -0.3 is 20.1 Å². The van der Waals surface area contributed by atoms with Gasteiger partial charge in [0.05, 0.1) is 24.4 Å². The van der Waals surface area contributed by atoms with Crippen LogP contribution in [0.25, 0.3) is 0 Å². The summed E-state index contributed by atoms with van der Waals surface area (Å²) in [6.45, 7) is 2.96. The summed E-state index contributed by atoms with van der Waals surface area (Å²) in [5, 5.41) is 12.7. The molecule has 0 saturated carbocycles. The summed E-state index contributed by atoms with van der Waals surface area (Å²) in [4.78, 5) is 42.4. The van der Waals surface area contributed by atoms with Gasteiger partial charge in [0.15, 0.2) is 0 Å². The van der Waals surface area contributed by atoms with Crippen molar-refractivity contribution in [2.45, 2.75) is 19.8 Å². The highest BCUT2D eigenvalue weighted by atomic mass is 35.5. The molecule has 1 fully saturated rings. The number of hydrogen-bond donors (Lipinski definition) is 2. The van der Waals surface area contributed by atoms with E-state index in [1.807, 2.05) is 0 Å². The van der Waals surface area contributed by atoms with Crippen molar-refractivity contribution < 1.29 is 24.2 Å². The topological polar surface area (TPSA) is 109 Å². The van der Waals surface area contributed by atoms with Gasteiger partial charge in [0.1, 0.15) is 11.4 Å². The highest BCUT2D eigenvalue weighted by Crippen LogP contribution is 2.27. The average molecular weight is 432 g/mol. The zero-order valence-corrected chi connectivity index (χ0v) is 17.2. The van der Waals surface area contributed by atoms with Crippen molar-refractivity contribution in [3.8, 4) is 0 Å². The van der Waals surface area contributed by atoms with Crippen LogP contribution in [0, 0.1) is 5.92 Å². The van der Waals surface area contributed by atoms with Crippen LogP contribution in [0.1, 0.15) is 40.5 Å². The van der Waals surface area contributed by atoms with Gasteiger partial charge in [0.25, 0.3) is 5.91 Å². The Bertz CT molecular complexity index is 965. The molecule has 1 aliphatic rings. The summed E-state index contributed by atoms with van der Waals surface area (Å²) in [5.41, 5.74) is 0.542. The van der Waals surface area contributed by atoms with Crippen LogP contribution in [0.4, 0.5) is 11.5 Å². The lowest BCUT2D eigenvalue weighted by Crippen LogP contribution is -2.40. The normalized spacial score (nSPS) is 16.1. The number of carbonyl (C=O) groups is 3. The number of hydrogen-bond acceptors (Lipinski definition) is 6. The van der Waals surface area contributed by atoms with E-state index in [0.717, 1.165) is 6.42 Å². The van der Waals surface area contributed by atoms with Crippen LogP contribution in [-0.4, -0.2) is 47.6 Å². The van der Waals surface area contributed by atoms with Gasteiger partial charge in [-0.15, -0.1) is 0 Å². The third kappa shape index (κ3) is 5.07. The van der Waals surface area contributed by atoms with Crippen molar-refractivity contribution in [1.29, 1.82) is 0 Å². The second-order valence-corrected chi connectivity index (χ2v) is 7.34. The molecule has 3 rings (SSSR count). The molecule has 2 aromatic rings. The number of benzene rings is 1. The van der Waals surface area contributed by atoms with E-state index in [9.17, 15) is 19.5 Å². The van der Waals surface area contributed by atoms with Crippen molar-refractivity contribution in [3.63, 3.8) is 0 Å². The molecule has 1 aromatic carbocycles. The van der Waals surface area contributed by atoms with Crippen LogP contribution in [-0.2, 0) is 9.53 Å². The van der Waals surface area contributed by atoms with Crippen LogP contribution in [0.2, 0.25) is 5.02 Å². The molecule has 0 radical (unpaired) electrons. The Morgan fingerprint density at radius 2 is 2.13 bits per heavy atom. The van der Waals surface area contributed by atoms with Crippen LogP contribution >= 0.6 is 11.6 Å². The van der Waals surface area contributed by atoms with Gasteiger partial charge in [0, 0.05) is 23.7 Å². The molecule has 9 heteroatoms. The molecule has 2 N–H and O–H groups in total. The van der Waals surface area contributed by atoms with Gasteiger partial charge in [-0.1, -0.05) is 17.7 Å². The summed E-state index contributed by atoms with van der Waals surface area (Å²) >= 11 is 5.91. The van der Waals surface area contributed by atoms with Crippen molar-refractivity contribution in [2.75, 3.05) is 29.9 Å². The molecule has 0 bridgehead atoms. The molecule has 158 valence electrons. The Morgan fingerprint density at radius 1 is 1.33 bits per heavy atom. The first-order valence-corrected chi connectivity index (χ1v) is 9.98. The van der Waals surface area contributed by atoms with E-state index in [-0.39, 0.29) is 29.0 Å². The number of nitrogens with zero attached hydrogens (tertiary/aromatic N) is 2. The molecule has 1 aromatic heterocycles. The van der Waals surface area contributed by atoms with Gasteiger partial charge in [-0.2, -0.15) is 0 Å². The number of anilines is 2. The number of esters is 1. The number of halogens is 1. The Labute approximate surface area is 178 Å². The van der Waals surface area contributed by atoms with Gasteiger partial charge in [-0.25, -0.2) is 9.78 Å². The van der Waals surface area contributed by atoms with Crippen LogP contribution in [0.5, 0.6) is 0 Å². The Balaban J connectivity index is 1.81. The Morgan fingerprint density at radius 3 is 2.83 bits per heavy atom. The van der Waals surface area contributed by atoms with E-state index in [0.29, 0.717) is 36.7 Å². The van der Waals surface area contributed by atoms with Crippen molar-refractivity contribution >= 4 is 41.0 Å².